The van der Waals surface area contributed by atoms with E-state index in [0.717, 1.165) is 0 Å². The summed E-state index contributed by atoms with van der Waals surface area (Å²) in [6.07, 6.45) is 0.632. The maximum Gasteiger partial charge on any atom is 0.505 e. The summed E-state index contributed by atoms with van der Waals surface area (Å²) in [6.45, 7) is 2.61. The number of phosphoric acid groups is 1. The lowest BCUT2D eigenvalue weighted by Crippen LogP contribution is -2.38. The largest absolute Gasteiger partial charge is 0.505 e. The molecule has 0 radical (unpaired) electrons. The van der Waals surface area contributed by atoms with Crippen molar-refractivity contribution >= 4 is 54.2 Å². The molecule has 6 nitrogen and oxygen atoms in total. The highest BCUT2D eigenvalue weighted by atomic mass is 35.5. The fourth-order valence-electron chi connectivity index (χ4n) is 1.44. The van der Waals surface area contributed by atoms with Crippen molar-refractivity contribution < 1.29 is 18.7 Å². The van der Waals surface area contributed by atoms with E-state index in [9.17, 15) is 9.46 Å². The van der Waals surface area contributed by atoms with Gasteiger partial charge in [-0.2, -0.15) is 19.4 Å². The van der Waals surface area contributed by atoms with Crippen LogP contribution in [0.25, 0.3) is 0 Å². The van der Waals surface area contributed by atoms with Crippen molar-refractivity contribution in [3.63, 3.8) is 0 Å². The second kappa shape index (κ2) is 12.6. The molecule has 0 aliphatic carbocycles. The third kappa shape index (κ3) is 9.82. The minimum atomic E-state index is -4.36. The van der Waals surface area contributed by atoms with Gasteiger partial charge in [0.1, 0.15) is 0 Å². The summed E-state index contributed by atoms with van der Waals surface area (Å²) >= 11 is 22.7. The quantitative estimate of drug-likeness (QED) is 0.288. The monoisotopic (exact) mass is 404 g/mol. The Bertz CT molecular complexity index is 307. The van der Waals surface area contributed by atoms with E-state index in [1.165, 1.54) is 10.1 Å². The topological polar surface area (TPSA) is 62.2 Å². The molecule has 0 saturated carbocycles. The summed E-state index contributed by atoms with van der Waals surface area (Å²) < 4.78 is 22.1. The van der Waals surface area contributed by atoms with Crippen molar-refractivity contribution in [1.29, 1.82) is 0 Å². The second-order valence-corrected chi connectivity index (χ2v) is 6.69. The molecule has 1 N–H and O–H groups in total. The zero-order valence-electron chi connectivity index (χ0n) is 11.8. The molecule has 0 rings (SSSR count). The molecule has 0 aliphatic heterocycles. The number of rotatable bonds is 13. The highest BCUT2D eigenvalue weighted by molar-refractivity contribution is 7.47. The van der Waals surface area contributed by atoms with Gasteiger partial charge >= 0.3 is 7.82 Å². The second-order valence-electron chi connectivity index (χ2n) is 3.98. The Morgan fingerprint density at radius 3 is 1.95 bits per heavy atom. The fourth-order valence-corrected chi connectivity index (χ4v) is 3.32. The Balaban J connectivity index is 4.73. The van der Waals surface area contributed by atoms with Crippen LogP contribution < -0.4 is 0 Å². The minimum absolute atomic E-state index is 0.223. The van der Waals surface area contributed by atoms with Gasteiger partial charge in [0.15, 0.2) is 0 Å². The molecule has 0 amide bonds. The smallest absolute Gasteiger partial charge is 0.300 e. The zero-order valence-corrected chi connectivity index (χ0v) is 15.7. The summed E-state index contributed by atoms with van der Waals surface area (Å²) in [4.78, 5) is 9.83. The number of hydroxylamine groups is 4. The molecule has 2 atom stereocenters. The van der Waals surface area contributed by atoms with Crippen LogP contribution in [0.3, 0.4) is 0 Å². The number of hydrogen-bond donors (Lipinski definition) is 1. The molecule has 0 fully saturated rings. The van der Waals surface area contributed by atoms with E-state index in [0.29, 0.717) is 6.42 Å². The summed E-state index contributed by atoms with van der Waals surface area (Å²) in [5.41, 5.74) is 0. The van der Waals surface area contributed by atoms with Crippen LogP contribution in [0.15, 0.2) is 0 Å². The van der Waals surface area contributed by atoms with Crippen molar-refractivity contribution in [3.05, 3.63) is 0 Å². The van der Waals surface area contributed by atoms with Crippen molar-refractivity contribution in [2.45, 2.75) is 19.4 Å². The van der Waals surface area contributed by atoms with E-state index in [2.05, 4.69) is 0 Å². The zero-order chi connectivity index (χ0) is 16.3. The molecule has 21 heavy (non-hydrogen) atoms. The number of alkyl halides is 4. The van der Waals surface area contributed by atoms with Gasteiger partial charge in [-0.25, -0.2) is 4.57 Å². The van der Waals surface area contributed by atoms with Gasteiger partial charge < -0.3 is 4.89 Å². The molecule has 0 aromatic carbocycles. The SMILES string of the molecule is CCC(CCl)N(CCCl)OP(=O)(O)ON(CCCl)CCCl. The summed E-state index contributed by atoms with van der Waals surface area (Å²) in [5, 5.41) is 2.47. The Morgan fingerprint density at radius 1 is 1.05 bits per heavy atom. The number of hydrogen-bond acceptors (Lipinski definition) is 5. The number of halogens is 4. The molecule has 0 bridgehead atoms. The molecular weight excluding hydrogens is 385 g/mol. The average molecular weight is 406 g/mol. The standard InChI is InChI=1S/C10H21Cl4N2O4P/c1-2-10(9-14)16(8-5-13)20-21(17,18)19-15(6-3-11)7-4-12/h10H,2-9H2,1H3,(H,17,18). The van der Waals surface area contributed by atoms with Gasteiger partial charge in [0.05, 0.1) is 0 Å². The van der Waals surface area contributed by atoms with Crippen LogP contribution in [-0.4, -0.2) is 64.2 Å². The van der Waals surface area contributed by atoms with Gasteiger partial charge in [0, 0.05) is 49.2 Å². The normalized spacial score (nSPS) is 16.4. The molecule has 0 spiro atoms. The Kier molecular flexibility index (Phi) is 13.3. The van der Waals surface area contributed by atoms with Crippen LogP contribution in [0.5, 0.6) is 0 Å². The van der Waals surface area contributed by atoms with Gasteiger partial charge in [0.2, 0.25) is 0 Å². The van der Waals surface area contributed by atoms with Crippen molar-refractivity contribution in [2.75, 3.05) is 43.2 Å². The molecule has 128 valence electrons. The van der Waals surface area contributed by atoms with E-state index in [1.807, 2.05) is 6.92 Å². The average Bonchev–Trinajstić information content (AvgIpc) is 2.40. The fraction of sp³-hybridized carbons (Fsp3) is 1.00. The minimum Gasteiger partial charge on any atom is -0.300 e. The third-order valence-corrected chi connectivity index (χ3v) is 4.17. The molecule has 0 heterocycles. The van der Waals surface area contributed by atoms with Crippen LogP contribution in [0.2, 0.25) is 0 Å². The first kappa shape index (κ1) is 22.2. The van der Waals surface area contributed by atoms with Crippen molar-refractivity contribution in [1.82, 2.24) is 10.1 Å². The van der Waals surface area contributed by atoms with Gasteiger partial charge in [-0.1, -0.05) is 6.92 Å². The number of nitrogens with zero attached hydrogens (tertiary/aromatic N) is 2. The predicted molar refractivity (Wildman–Crippen MR) is 87.2 cm³/mol. The van der Waals surface area contributed by atoms with E-state index < -0.39 is 7.82 Å². The first-order chi connectivity index (χ1) is 9.93. The Labute approximate surface area is 145 Å². The van der Waals surface area contributed by atoms with E-state index in [1.54, 1.807) is 0 Å². The van der Waals surface area contributed by atoms with Crippen molar-refractivity contribution in [3.8, 4) is 0 Å². The highest BCUT2D eigenvalue weighted by Gasteiger charge is 2.31. The molecule has 2 unspecified atom stereocenters. The van der Waals surface area contributed by atoms with Gasteiger partial charge in [-0.05, 0) is 6.42 Å². The molecule has 0 aliphatic rings. The first-order valence-electron chi connectivity index (χ1n) is 6.41. The van der Waals surface area contributed by atoms with E-state index >= 15 is 0 Å². The maximum atomic E-state index is 12.1. The third-order valence-electron chi connectivity index (χ3n) is 2.46. The summed E-state index contributed by atoms with van der Waals surface area (Å²) in [7, 11) is -4.36. The van der Waals surface area contributed by atoms with Gasteiger partial charge in [-0.3, -0.25) is 0 Å². The molecule has 11 heteroatoms. The first-order valence-corrected chi connectivity index (χ1v) is 10.0. The Hall–Kier alpha value is 1.19. The van der Waals surface area contributed by atoms with Crippen molar-refractivity contribution in [2.24, 2.45) is 0 Å². The Morgan fingerprint density at radius 2 is 1.57 bits per heavy atom. The molecule has 0 aromatic rings. The lowest BCUT2D eigenvalue weighted by molar-refractivity contribution is -0.149. The van der Waals surface area contributed by atoms with Crippen LogP contribution in [0.4, 0.5) is 0 Å². The highest BCUT2D eigenvalue weighted by Crippen LogP contribution is 2.45. The lowest BCUT2D eigenvalue weighted by Gasteiger charge is -2.30. The molecule has 0 saturated heterocycles. The molecule has 0 aromatic heterocycles. The maximum absolute atomic E-state index is 12.1. The van der Waals surface area contributed by atoms with Crippen LogP contribution in [0, 0.1) is 0 Å². The van der Waals surface area contributed by atoms with E-state index in [4.69, 9.17) is 55.7 Å². The summed E-state index contributed by atoms with van der Waals surface area (Å²) in [5.74, 6) is 0.907. The van der Waals surface area contributed by atoms with E-state index in [-0.39, 0.29) is 49.2 Å². The van der Waals surface area contributed by atoms with Gasteiger partial charge in [0.25, 0.3) is 0 Å². The predicted octanol–water partition coefficient (Wildman–Crippen LogP) is 3.29. The van der Waals surface area contributed by atoms with Crippen LogP contribution >= 0.6 is 54.2 Å². The van der Waals surface area contributed by atoms with Gasteiger partial charge in [-0.15, -0.1) is 46.4 Å². The summed E-state index contributed by atoms with van der Waals surface area (Å²) in [6, 6.07) is -0.246. The molecular formula is C10H21Cl4N2O4P. The van der Waals surface area contributed by atoms with Crippen LogP contribution in [0.1, 0.15) is 13.3 Å². The van der Waals surface area contributed by atoms with Crippen LogP contribution in [-0.2, 0) is 13.8 Å². The lowest BCUT2D eigenvalue weighted by atomic mass is 10.2.